The average molecular weight is 237 g/mol. The van der Waals surface area contributed by atoms with E-state index in [0.29, 0.717) is 0 Å². The third-order valence-corrected chi connectivity index (χ3v) is 2.03. The van der Waals surface area contributed by atoms with E-state index < -0.39 is 12.0 Å². The fourth-order valence-corrected chi connectivity index (χ4v) is 1.31. The van der Waals surface area contributed by atoms with E-state index in [4.69, 9.17) is 11.6 Å². The van der Waals surface area contributed by atoms with Gasteiger partial charge in [-0.05, 0) is 0 Å². The van der Waals surface area contributed by atoms with Gasteiger partial charge in [-0.25, -0.2) is 15.0 Å². The lowest BCUT2D eigenvalue weighted by Crippen LogP contribution is -2.11. The number of aryl methyl sites for hydroxylation is 1. The molecule has 0 aliphatic rings. The van der Waals surface area contributed by atoms with Crippen LogP contribution in [0.2, 0.25) is 5.15 Å². The Bertz CT molecular complexity index is 519. The van der Waals surface area contributed by atoms with Gasteiger partial charge in [0.15, 0.2) is 10.8 Å². The maximum Gasteiger partial charge on any atom is 0.451 e. The molecule has 80 valence electrons. The molecule has 0 bridgehead atoms. The van der Waals surface area contributed by atoms with Crippen LogP contribution in [-0.2, 0) is 13.2 Å². The molecule has 2 aromatic rings. The molecule has 4 nitrogen and oxygen atoms in total. The van der Waals surface area contributed by atoms with Gasteiger partial charge in [0.1, 0.15) is 5.52 Å². The summed E-state index contributed by atoms with van der Waals surface area (Å²) in [7, 11) is 1.53. The molecule has 2 heterocycles. The zero-order valence-corrected chi connectivity index (χ0v) is 8.13. The Morgan fingerprint density at radius 3 is 2.60 bits per heavy atom. The molecule has 2 aromatic heterocycles. The van der Waals surface area contributed by atoms with E-state index in [-0.39, 0.29) is 16.3 Å². The topological polar surface area (TPSA) is 43.6 Å². The molecule has 0 saturated carbocycles. The lowest BCUT2D eigenvalue weighted by molar-refractivity contribution is -0.144. The van der Waals surface area contributed by atoms with Crippen molar-refractivity contribution in [3.8, 4) is 0 Å². The second kappa shape index (κ2) is 3.06. The van der Waals surface area contributed by atoms with E-state index in [1.165, 1.54) is 17.9 Å². The molecule has 8 heteroatoms. The molecule has 15 heavy (non-hydrogen) atoms. The fourth-order valence-electron chi connectivity index (χ4n) is 1.10. The van der Waals surface area contributed by atoms with Crippen LogP contribution in [0, 0.1) is 0 Å². The molecule has 0 aliphatic carbocycles. The first-order valence-corrected chi connectivity index (χ1v) is 4.19. The first-order chi connectivity index (χ1) is 6.89. The number of alkyl halides is 3. The highest BCUT2D eigenvalue weighted by Crippen LogP contribution is 2.29. The Balaban J connectivity index is 2.76. The SMILES string of the molecule is Cn1cnc2c(Cl)nc(C(F)(F)F)nc21. The summed E-state index contributed by atoms with van der Waals surface area (Å²) in [5, 5.41) is -0.298. The predicted molar refractivity (Wildman–Crippen MR) is 46.3 cm³/mol. The Kier molecular flexibility index (Phi) is 2.07. The first kappa shape index (κ1) is 10.2. The molecule has 0 aliphatic heterocycles. The van der Waals surface area contributed by atoms with Crippen molar-refractivity contribution in [3.63, 3.8) is 0 Å². The highest BCUT2D eigenvalue weighted by Gasteiger charge is 2.35. The quantitative estimate of drug-likeness (QED) is 0.658. The van der Waals surface area contributed by atoms with Gasteiger partial charge in [0.2, 0.25) is 5.82 Å². The van der Waals surface area contributed by atoms with Crippen LogP contribution < -0.4 is 0 Å². The number of imidazole rings is 1. The molecule has 0 unspecified atom stereocenters. The molecular weight excluding hydrogens is 233 g/mol. The van der Waals surface area contributed by atoms with E-state index in [0.717, 1.165) is 0 Å². The van der Waals surface area contributed by atoms with Crippen LogP contribution in [0.15, 0.2) is 6.33 Å². The Hall–Kier alpha value is -1.37. The Morgan fingerprint density at radius 2 is 2.00 bits per heavy atom. The molecule has 0 atom stereocenters. The molecule has 0 spiro atoms. The van der Waals surface area contributed by atoms with Crippen molar-refractivity contribution < 1.29 is 13.2 Å². The van der Waals surface area contributed by atoms with Gasteiger partial charge < -0.3 is 4.57 Å². The number of nitrogens with zero attached hydrogens (tertiary/aromatic N) is 4. The number of aromatic nitrogens is 4. The summed E-state index contributed by atoms with van der Waals surface area (Å²) < 4.78 is 38.3. The van der Waals surface area contributed by atoms with Gasteiger partial charge in [-0.1, -0.05) is 11.6 Å². The standard InChI is InChI=1S/C7H4ClF3N4/c1-15-2-12-3-4(8)13-6(7(9,10)11)14-5(3)15/h2H,1H3. The molecular formula is C7H4ClF3N4. The van der Waals surface area contributed by atoms with Crippen LogP contribution in [0.25, 0.3) is 11.2 Å². The van der Waals surface area contributed by atoms with Crippen molar-refractivity contribution in [2.75, 3.05) is 0 Å². The molecule has 2 rings (SSSR count). The van der Waals surface area contributed by atoms with E-state index in [1.54, 1.807) is 0 Å². The summed E-state index contributed by atoms with van der Waals surface area (Å²) in [6.07, 6.45) is -3.28. The van der Waals surface area contributed by atoms with Crippen molar-refractivity contribution in [2.45, 2.75) is 6.18 Å². The molecule has 0 aromatic carbocycles. The highest BCUT2D eigenvalue weighted by atomic mass is 35.5. The second-order valence-electron chi connectivity index (χ2n) is 2.86. The Labute approximate surface area is 86.7 Å². The van der Waals surface area contributed by atoms with E-state index in [2.05, 4.69) is 15.0 Å². The summed E-state index contributed by atoms with van der Waals surface area (Å²) in [6.45, 7) is 0. The van der Waals surface area contributed by atoms with Gasteiger partial charge in [-0.15, -0.1) is 0 Å². The van der Waals surface area contributed by atoms with Gasteiger partial charge in [0, 0.05) is 7.05 Å². The summed E-state index contributed by atoms with van der Waals surface area (Å²) in [6, 6.07) is 0. The number of rotatable bonds is 0. The number of hydrogen-bond donors (Lipinski definition) is 0. The van der Waals surface area contributed by atoms with Crippen LogP contribution in [0.5, 0.6) is 0 Å². The van der Waals surface area contributed by atoms with Gasteiger partial charge in [0.05, 0.1) is 6.33 Å². The normalized spacial score (nSPS) is 12.3. The number of halogens is 4. The van der Waals surface area contributed by atoms with Crippen LogP contribution in [0.1, 0.15) is 5.82 Å². The molecule has 0 radical (unpaired) electrons. The minimum absolute atomic E-state index is 0.0577. The van der Waals surface area contributed by atoms with Crippen LogP contribution in [0.3, 0.4) is 0 Å². The lowest BCUT2D eigenvalue weighted by atomic mass is 10.5. The summed E-state index contributed by atoms with van der Waals surface area (Å²) in [5.74, 6) is -1.26. The van der Waals surface area contributed by atoms with Crippen molar-refractivity contribution in [3.05, 3.63) is 17.3 Å². The van der Waals surface area contributed by atoms with Gasteiger partial charge in [-0.3, -0.25) is 0 Å². The molecule has 0 amide bonds. The summed E-state index contributed by atoms with van der Waals surface area (Å²) in [4.78, 5) is 10.3. The van der Waals surface area contributed by atoms with Crippen molar-refractivity contribution in [1.82, 2.24) is 19.5 Å². The zero-order valence-electron chi connectivity index (χ0n) is 7.38. The summed E-state index contributed by atoms with van der Waals surface area (Å²) >= 11 is 5.55. The minimum Gasteiger partial charge on any atom is -0.318 e. The zero-order chi connectivity index (χ0) is 11.2. The van der Waals surface area contributed by atoms with Gasteiger partial charge in [0.25, 0.3) is 0 Å². The predicted octanol–water partition coefficient (Wildman–Crippen LogP) is 2.04. The van der Waals surface area contributed by atoms with Crippen LogP contribution >= 0.6 is 11.6 Å². The molecule has 0 fully saturated rings. The maximum absolute atomic E-state index is 12.3. The average Bonchev–Trinajstić information content (AvgIpc) is 2.47. The van der Waals surface area contributed by atoms with E-state index >= 15 is 0 Å². The van der Waals surface area contributed by atoms with Gasteiger partial charge in [-0.2, -0.15) is 13.2 Å². The second-order valence-corrected chi connectivity index (χ2v) is 3.22. The molecule has 0 N–H and O–H groups in total. The summed E-state index contributed by atoms with van der Waals surface area (Å²) in [5.41, 5.74) is 0.217. The van der Waals surface area contributed by atoms with Crippen LogP contribution in [0.4, 0.5) is 13.2 Å². The third-order valence-electron chi connectivity index (χ3n) is 1.77. The monoisotopic (exact) mass is 236 g/mol. The highest BCUT2D eigenvalue weighted by molar-refractivity contribution is 6.33. The fraction of sp³-hybridized carbons (Fsp3) is 0.286. The number of fused-ring (bicyclic) bond motifs is 1. The van der Waals surface area contributed by atoms with Crippen molar-refractivity contribution in [1.29, 1.82) is 0 Å². The minimum atomic E-state index is -4.61. The van der Waals surface area contributed by atoms with Crippen molar-refractivity contribution >= 4 is 22.8 Å². The first-order valence-electron chi connectivity index (χ1n) is 3.81. The third kappa shape index (κ3) is 1.63. The van der Waals surface area contributed by atoms with E-state index in [1.807, 2.05) is 0 Å². The molecule has 0 saturated heterocycles. The van der Waals surface area contributed by atoms with E-state index in [9.17, 15) is 13.2 Å². The number of hydrogen-bond acceptors (Lipinski definition) is 3. The van der Waals surface area contributed by atoms with Crippen LogP contribution in [-0.4, -0.2) is 19.5 Å². The lowest BCUT2D eigenvalue weighted by Gasteiger charge is -2.05. The van der Waals surface area contributed by atoms with Gasteiger partial charge >= 0.3 is 6.18 Å². The maximum atomic E-state index is 12.3. The largest absolute Gasteiger partial charge is 0.451 e. The Morgan fingerprint density at radius 1 is 1.33 bits per heavy atom. The van der Waals surface area contributed by atoms with Crippen molar-refractivity contribution in [2.24, 2.45) is 7.05 Å². The smallest absolute Gasteiger partial charge is 0.318 e.